The molecule has 1 heterocycles. The van der Waals surface area contributed by atoms with Crippen LogP contribution in [0.2, 0.25) is 0 Å². The third kappa shape index (κ3) is 5.36. The molecule has 1 aliphatic heterocycles. The molecule has 0 bridgehead atoms. The number of hydrogen-bond acceptors (Lipinski definition) is 4. The van der Waals surface area contributed by atoms with Gasteiger partial charge in [-0.2, -0.15) is 0 Å². The number of carbonyl (C=O) groups is 1. The van der Waals surface area contributed by atoms with E-state index in [0.717, 1.165) is 37.1 Å². The molecular formula is C22H29N3O3S. The Hall–Kier alpha value is -2.38. The summed E-state index contributed by atoms with van der Waals surface area (Å²) < 4.78 is 27.9. The molecule has 2 aromatic rings. The molecule has 2 aromatic carbocycles. The molecule has 1 aliphatic rings. The number of nitrogens with zero attached hydrogens (tertiary/aromatic N) is 2. The van der Waals surface area contributed by atoms with Crippen LogP contribution in [0.15, 0.2) is 53.4 Å². The molecule has 156 valence electrons. The molecule has 0 aromatic heterocycles. The second-order valence-electron chi connectivity index (χ2n) is 7.81. The first kappa shape index (κ1) is 21.3. The van der Waals surface area contributed by atoms with E-state index < -0.39 is 10.0 Å². The lowest BCUT2D eigenvalue weighted by atomic mass is 10.1. The van der Waals surface area contributed by atoms with Crippen molar-refractivity contribution in [3.05, 3.63) is 59.7 Å². The number of rotatable bonds is 6. The van der Waals surface area contributed by atoms with Crippen molar-refractivity contribution in [2.45, 2.75) is 37.6 Å². The van der Waals surface area contributed by atoms with Crippen LogP contribution in [0.25, 0.3) is 0 Å². The summed E-state index contributed by atoms with van der Waals surface area (Å²) in [6, 6.07) is 14.0. The zero-order chi connectivity index (χ0) is 21.0. The van der Waals surface area contributed by atoms with Crippen LogP contribution in [0.1, 0.15) is 24.0 Å². The van der Waals surface area contributed by atoms with Crippen LogP contribution in [0.3, 0.4) is 0 Å². The largest absolute Gasteiger partial charge is 0.352 e. The van der Waals surface area contributed by atoms with Crippen molar-refractivity contribution in [2.24, 2.45) is 0 Å². The van der Waals surface area contributed by atoms with Gasteiger partial charge in [-0.05, 0) is 76.7 Å². The van der Waals surface area contributed by atoms with Gasteiger partial charge in [0.15, 0.2) is 0 Å². The molecule has 1 amide bonds. The minimum atomic E-state index is -3.87. The SMILES string of the molecule is Cc1ccc(S(=O)(=O)N(CC(=O)NC2CCN(C)CC2)c2cccc(C)c2)cc1. The Morgan fingerprint density at radius 3 is 2.34 bits per heavy atom. The molecule has 0 atom stereocenters. The third-order valence-electron chi connectivity index (χ3n) is 5.27. The highest BCUT2D eigenvalue weighted by Crippen LogP contribution is 2.24. The number of carbonyl (C=O) groups excluding carboxylic acids is 1. The maximum absolute atomic E-state index is 13.4. The van der Waals surface area contributed by atoms with E-state index in [-0.39, 0.29) is 23.4 Å². The Labute approximate surface area is 173 Å². The van der Waals surface area contributed by atoms with Gasteiger partial charge < -0.3 is 10.2 Å². The van der Waals surface area contributed by atoms with Crippen molar-refractivity contribution >= 4 is 21.6 Å². The van der Waals surface area contributed by atoms with E-state index in [1.165, 1.54) is 4.31 Å². The quantitative estimate of drug-likeness (QED) is 0.788. The van der Waals surface area contributed by atoms with Crippen molar-refractivity contribution in [3.8, 4) is 0 Å². The number of anilines is 1. The van der Waals surface area contributed by atoms with Gasteiger partial charge in [0, 0.05) is 6.04 Å². The number of piperidine rings is 1. The van der Waals surface area contributed by atoms with E-state index in [9.17, 15) is 13.2 Å². The first-order chi connectivity index (χ1) is 13.8. The van der Waals surface area contributed by atoms with Gasteiger partial charge in [-0.15, -0.1) is 0 Å². The Morgan fingerprint density at radius 1 is 1.07 bits per heavy atom. The molecule has 3 rings (SSSR count). The van der Waals surface area contributed by atoms with Gasteiger partial charge in [0.25, 0.3) is 10.0 Å². The summed E-state index contributed by atoms with van der Waals surface area (Å²) in [5.41, 5.74) is 2.40. The van der Waals surface area contributed by atoms with Crippen molar-refractivity contribution in [1.82, 2.24) is 10.2 Å². The maximum Gasteiger partial charge on any atom is 0.264 e. The molecule has 0 unspecified atom stereocenters. The second kappa shape index (κ2) is 8.97. The maximum atomic E-state index is 13.4. The number of sulfonamides is 1. The van der Waals surface area contributed by atoms with Crippen molar-refractivity contribution in [1.29, 1.82) is 0 Å². The molecular weight excluding hydrogens is 386 g/mol. The number of likely N-dealkylation sites (tertiary alicyclic amines) is 1. The molecule has 1 N–H and O–H groups in total. The number of benzene rings is 2. The fraction of sp³-hybridized carbons (Fsp3) is 0.409. The predicted molar refractivity (Wildman–Crippen MR) is 116 cm³/mol. The van der Waals surface area contributed by atoms with Crippen LogP contribution < -0.4 is 9.62 Å². The van der Waals surface area contributed by atoms with E-state index in [0.29, 0.717) is 5.69 Å². The fourth-order valence-electron chi connectivity index (χ4n) is 3.49. The first-order valence-electron chi connectivity index (χ1n) is 9.90. The summed E-state index contributed by atoms with van der Waals surface area (Å²) in [5, 5.41) is 3.02. The third-order valence-corrected chi connectivity index (χ3v) is 7.06. The highest BCUT2D eigenvalue weighted by Gasteiger charge is 2.28. The summed E-state index contributed by atoms with van der Waals surface area (Å²) in [6.07, 6.45) is 1.74. The normalized spacial score (nSPS) is 15.8. The van der Waals surface area contributed by atoms with Gasteiger partial charge in [-0.3, -0.25) is 9.10 Å². The lowest BCUT2D eigenvalue weighted by molar-refractivity contribution is -0.120. The summed E-state index contributed by atoms with van der Waals surface area (Å²) in [7, 11) is -1.81. The lowest BCUT2D eigenvalue weighted by Gasteiger charge is -2.30. The van der Waals surface area contributed by atoms with Crippen LogP contribution in [0.5, 0.6) is 0 Å². The number of hydrogen-bond donors (Lipinski definition) is 1. The predicted octanol–water partition coefficient (Wildman–Crippen LogP) is 2.71. The van der Waals surface area contributed by atoms with E-state index in [1.54, 1.807) is 42.5 Å². The molecule has 0 radical (unpaired) electrons. The van der Waals surface area contributed by atoms with Crippen LogP contribution in [-0.4, -0.2) is 51.9 Å². The Morgan fingerprint density at radius 2 is 1.72 bits per heavy atom. The summed E-state index contributed by atoms with van der Waals surface area (Å²) in [6.45, 7) is 5.41. The van der Waals surface area contributed by atoms with Crippen LogP contribution in [-0.2, 0) is 14.8 Å². The van der Waals surface area contributed by atoms with Gasteiger partial charge in [0.2, 0.25) is 5.91 Å². The van der Waals surface area contributed by atoms with Gasteiger partial charge in [0.05, 0.1) is 10.6 Å². The van der Waals surface area contributed by atoms with Crippen molar-refractivity contribution in [2.75, 3.05) is 31.0 Å². The molecule has 0 saturated carbocycles. The topological polar surface area (TPSA) is 69.7 Å². The van der Waals surface area contributed by atoms with Gasteiger partial charge in [-0.25, -0.2) is 8.42 Å². The standard InChI is InChI=1S/C22H29N3O3S/c1-17-7-9-21(10-8-17)29(27,28)25(20-6-4-5-18(2)15-20)16-22(26)23-19-11-13-24(3)14-12-19/h4-10,15,19H,11-14,16H2,1-3H3,(H,23,26). The molecule has 29 heavy (non-hydrogen) atoms. The summed E-state index contributed by atoms with van der Waals surface area (Å²) in [4.78, 5) is 15.2. The minimum absolute atomic E-state index is 0.0835. The molecule has 7 heteroatoms. The molecule has 1 saturated heterocycles. The van der Waals surface area contributed by atoms with E-state index >= 15 is 0 Å². The molecule has 6 nitrogen and oxygen atoms in total. The van der Waals surface area contributed by atoms with Gasteiger partial charge in [0.1, 0.15) is 6.54 Å². The smallest absolute Gasteiger partial charge is 0.264 e. The fourth-order valence-corrected chi connectivity index (χ4v) is 4.91. The van der Waals surface area contributed by atoms with E-state index in [1.807, 2.05) is 19.9 Å². The average molecular weight is 416 g/mol. The summed E-state index contributed by atoms with van der Waals surface area (Å²) in [5.74, 6) is -0.281. The Balaban J connectivity index is 1.85. The monoisotopic (exact) mass is 415 g/mol. The van der Waals surface area contributed by atoms with Crippen LogP contribution >= 0.6 is 0 Å². The minimum Gasteiger partial charge on any atom is -0.352 e. The van der Waals surface area contributed by atoms with E-state index in [2.05, 4.69) is 17.3 Å². The first-order valence-corrected chi connectivity index (χ1v) is 11.3. The van der Waals surface area contributed by atoms with E-state index in [4.69, 9.17) is 0 Å². The second-order valence-corrected chi connectivity index (χ2v) is 9.67. The molecule has 0 spiro atoms. The molecule has 0 aliphatic carbocycles. The zero-order valence-corrected chi connectivity index (χ0v) is 18.1. The van der Waals surface area contributed by atoms with Crippen LogP contribution in [0.4, 0.5) is 5.69 Å². The highest BCUT2D eigenvalue weighted by atomic mass is 32.2. The number of nitrogens with one attached hydrogen (secondary N) is 1. The Bertz CT molecular complexity index is 950. The van der Waals surface area contributed by atoms with Gasteiger partial charge >= 0.3 is 0 Å². The van der Waals surface area contributed by atoms with Crippen LogP contribution in [0, 0.1) is 13.8 Å². The number of amides is 1. The average Bonchev–Trinajstić information content (AvgIpc) is 2.68. The highest BCUT2D eigenvalue weighted by molar-refractivity contribution is 7.92. The van der Waals surface area contributed by atoms with Crippen molar-refractivity contribution in [3.63, 3.8) is 0 Å². The number of aryl methyl sites for hydroxylation is 2. The molecule has 1 fully saturated rings. The summed E-state index contributed by atoms with van der Waals surface area (Å²) >= 11 is 0. The van der Waals surface area contributed by atoms with Crippen molar-refractivity contribution < 1.29 is 13.2 Å². The van der Waals surface area contributed by atoms with Gasteiger partial charge in [-0.1, -0.05) is 29.8 Å². The Kier molecular flexibility index (Phi) is 6.59. The lowest BCUT2D eigenvalue weighted by Crippen LogP contribution is -2.47. The zero-order valence-electron chi connectivity index (χ0n) is 17.3.